The Kier molecular flexibility index (Phi) is 9.87. The van der Waals surface area contributed by atoms with Crippen molar-refractivity contribution in [1.29, 1.82) is 5.26 Å². The summed E-state index contributed by atoms with van der Waals surface area (Å²) >= 11 is -2.11. The SMILES string of the molecule is CCC[CH2][Sn]([CH2]CCC)([CH2]CCC)[CH2]c1cccc(C#N)c1. The van der Waals surface area contributed by atoms with Gasteiger partial charge >= 0.3 is 142 Å². The summed E-state index contributed by atoms with van der Waals surface area (Å²) in [7, 11) is 0. The van der Waals surface area contributed by atoms with Crippen molar-refractivity contribution < 1.29 is 0 Å². The molecule has 0 aromatic heterocycles. The number of unbranched alkanes of at least 4 members (excludes halogenated alkanes) is 3. The van der Waals surface area contributed by atoms with Crippen LogP contribution in [-0.4, -0.2) is 18.4 Å². The molecule has 1 aromatic carbocycles. The van der Waals surface area contributed by atoms with Crippen molar-refractivity contribution in [3.05, 3.63) is 35.4 Å². The Hall–Kier alpha value is -0.491. The molecule has 0 radical (unpaired) electrons. The Bertz CT molecular complexity index is 439. The predicted molar refractivity (Wildman–Crippen MR) is 99.8 cm³/mol. The summed E-state index contributed by atoms with van der Waals surface area (Å²) < 4.78 is 5.98. The Morgan fingerprint density at radius 1 is 0.909 bits per heavy atom. The fourth-order valence-corrected chi connectivity index (χ4v) is 19.7. The van der Waals surface area contributed by atoms with Crippen LogP contribution in [0.25, 0.3) is 0 Å². The van der Waals surface area contributed by atoms with Gasteiger partial charge in [-0.3, -0.25) is 0 Å². The van der Waals surface area contributed by atoms with Gasteiger partial charge in [0, 0.05) is 0 Å². The average molecular weight is 406 g/mol. The number of hydrogen-bond acceptors (Lipinski definition) is 1. The van der Waals surface area contributed by atoms with Crippen LogP contribution < -0.4 is 0 Å². The molecule has 0 aliphatic rings. The van der Waals surface area contributed by atoms with Gasteiger partial charge in [0.05, 0.1) is 0 Å². The van der Waals surface area contributed by atoms with Crippen molar-refractivity contribution in [1.82, 2.24) is 0 Å². The monoisotopic (exact) mass is 407 g/mol. The molecule has 0 aliphatic carbocycles. The number of nitrogens with zero attached hydrogens (tertiary/aromatic N) is 1. The molecule has 0 amide bonds. The van der Waals surface area contributed by atoms with Gasteiger partial charge in [-0.05, 0) is 0 Å². The van der Waals surface area contributed by atoms with Crippen LogP contribution in [0, 0.1) is 11.3 Å². The molecule has 0 fully saturated rings. The van der Waals surface area contributed by atoms with Crippen LogP contribution >= 0.6 is 0 Å². The maximum absolute atomic E-state index is 9.15. The molecule has 0 bridgehead atoms. The molecule has 2 heteroatoms. The van der Waals surface area contributed by atoms with Crippen LogP contribution in [0.15, 0.2) is 24.3 Å². The zero-order chi connectivity index (χ0) is 16.3. The molecule has 0 saturated heterocycles. The Morgan fingerprint density at radius 3 is 1.91 bits per heavy atom. The summed E-state index contributed by atoms with van der Waals surface area (Å²) in [6.07, 6.45) is 8.24. The summed E-state index contributed by atoms with van der Waals surface area (Å²) in [6.45, 7) is 6.98. The standard InChI is InChI=1S/C8H6N.3C4H9.Sn/c1-7-3-2-4-8(5-7)6-9;3*1-3-4-2;/h2-5H,1H2;3*1,3-4H2,2H3;. The van der Waals surface area contributed by atoms with E-state index in [1.807, 2.05) is 6.07 Å². The maximum atomic E-state index is 9.15. The van der Waals surface area contributed by atoms with Gasteiger partial charge in [0.2, 0.25) is 0 Å². The second-order valence-electron chi connectivity index (χ2n) is 6.80. The number of rotatable bonds is 11. The predicted octanol–water partition coefficient (Wildman–Crippen LogP) is 6.49. The number of benzene rings is 1. The van der Waals surface area contributed by atoms with E-state index in [4.69, 9.17) is 5.26 Å². The molecule has 0 unspecified atom stereocenters. The first-order valence-corrected chi connectivity index (χ1v) is 17.3. The molecule has 0 saturated carbocycles. The van der Waals surface area contributed by atoms with E-state index >= 15 is 0 Å². The van der Waals surface area contributed by atoms with Gasteiger partial charge in [-0.15, -0.1) is 0 Å². The van der Waals surface area contributed by atoms with Crippen LogP contribution in [0.3, 0.4) is 0 Å². The van der Waals surface area contributed by atoms with Crippen LogP contribution in [-0.2, 0) is 4.44 Å². The molecule has 0 atom stereocenters. The summed E-state index contributed by atoms with van der Waals surface area (Å²) in [4.78, 5) is 0. The molecular formula is C20H33NSn. The Balaban J connectivity index is 2.95. The van der Waals surface area contributed by atoms with Crippen LogP contribution in [0.4, 0.5) is 0 Å². The van der Waals surface area contributed by atoms with Gasteiger partial charge in [0.15, 0.2) is 0 Å². The van der Waals surface area contributed by atoms with Gasteiger partial charge < -0.3 is 0 Å². The van der Waals surface area contributed by atoms with Gasteiger partial charge in [0.1, 0.15) is 0 Å². The Labute approximate surface area is 142 Å². The van der Waals surface area contributed by atoms with E-state index in [2.05, 4.69) is 45.0 Å². The van der Waals surface area contributed by atoms with E-state index in [-0.39, 0.29) is 0 Å². The molecule has 1 aromatic rings. The first-order chi connectivity index (χ1) is 10.7. The van der Waals surface area contributed by atoms with E-state index in [1.54, 1.807) is 13.3 Å². The molecule has 0 aliphatic heterocycles. The van der Waals surface area contributed by atoms with Crippen molar-refractivity contribution >= 4 is 18.4 Å². The van der Waals surface area contributed by atoms with Crippen molar-refractivity contribution in [2.45, 2.75) is 77.0 Å². The molecule has 0 N–H and O–H groups in total. The third-order valence-electron chi connectivity index (χ3n) is 4.82. The third-order valence-corrected chi connectivity index (χ3v) is 20.2. The van der Waals surface area contributed by atoms with Gasteiger partial charge in [-0.1, -0.05) is 0 Å². The van der Waals surface area contributed by atoms with Crippen molar-refractivity contribution in [2.75, 3.05) is 0 Å². The molecular weight excluding hydrogens is 373 g/mol. The van der Waals surface area contributed by atoms with Gasteiger partial charge in [0.25, 0.3) is 0 Å². The Morgan fingerprint density at radius 2 is 1.45 bits per heavy atom. The number of nitriles is 1. The summed E-state index contributed by atoms with van der Waals surface area (Å²) in [6, 6.07) is 10.7. The molecule has 122 valence electrons. The number of hydrogen-bond donors (Lipinski definition) is 0. The second kappa shape index (κ2) is 11.1. The molecule has 0 spiro atoms. The van der Waals surface area contributed by atoms with Crippen molar-refractivity contribution in [3.63, 3.8) is 0 Å². The normalized spacial score (nSPS) is 11.4. The third kappa shape index (κ3) is 6.73. The zero-order valence-corrected chi connectivity index (χ0v) is 17.7. The average Bonchev–Trinajstić information content (AvgIpc) is 2.56. The minimum atomic E-state index is -2.11. The van der Waals surface area contributed by atoms with Crippen molar-refractivity contribution in [2.24, 2.45) is 0 Å². The summed E-state index contributed by atoms with van der Waals surface area (Å²) in [5, 5.41) is 9.15. The topological polar surface area (TPSA) is 23.8 Å². The first kappa shape index (κ1) is 19.6. The summed E-state index contributed by atoms with van der Waals surface area (Å²) in [5.74, 6) is 0. The fourth-order valence-electron chi connectivity index (χ4n) is 3.48. The fraction of sp³-hybridized carbons (Fsp3) is 0.650. The van der Waals surface area contributed by atoms with E-state index < -0.39 is 18.4 Å². The summed E-state index contributed by atoms with van der Waals surface area (Å²) in [5.41, 5.74) is 2.28. The van der Waals surface area contributed by atoms with E-state index in [9.17, 15) is 0 Å². The van der Waals surface area contributed by atoms with E-state index in [1.165, 1.54) is 48.5 Å². The van der Waals surface area contributed by atoms with Crippen molar-refractivity contribution in [3.8, 4) is 6.07 Å². The second-order valence-corrected chi connectivity index (χ2v) is 20.7. The van der Waals surface area contributed by atoms with Gasteiger partial charge in [-0.25, -0.2) is 0 Å². The van der Waals surface area contributed by atoms with Crippen LogP contribution in [0.2, 0.25) is 13.3 Å². The van der Waals surface area contributed by atoms with Gasteiger partial charge in [-0.2, -0.15) is 0 Å². The molecule has 0 heterocycles. The van der Waals surface area contributed by atoms with E-state index in [0.717, 1.165) is 5.56 Å². The first-order valence-electron chi connectivity index (χ1n) is 9.18. The molecule has 1 rings (SSSR count). The zero-order valence-electron chi connectivity index (χ0n) is 14.8. The van der Waals surface area contributed by atoms with E-state index in [0.29, 0.717) is 0 Å². The van der Waals surface area contributed by atoms with Crippen LogP contribution in [0.1, 0.15) is 70.4 Å². The molecule has 1 nitrogen and oxygen atoms in total. The molecule has 22 heavy (non-hydrogen) atoms. The minimum absolute atomic E-state index is 0.833. The van der Waals surface area contributed by atoms with Crippen LogP contribution in [0.5, 0.6) is 0 Å². The quantitative estimate of drug-likeness (QED) is 0.386.